The zero-order valence-electron chi connectivity index (χ0n) is 15.2. The third-order valence-electron chi connectivity index (χ3n) is 3.78. The molecule has 0 saturated heterocycles. The maximum absolute atomic E-state index is 12.4. The van der Waals surface area contributed by atoms with Crippen molar-refractivity contribution in [2.24, 2.45) is 0 Å². The molecule has 0 aliphatic carbocycles. The number of amides is 1. The Kier molecular flexibility index (Phi) is 5.57. The molecule has 1 aromatic heterocycles. The van der Waals surface area contributed by atoms with Crippen molar-refractivity contribution < 1.29 is 9.21 Å². The van der Waals surface area contributed by atoms with E-state index in [1.165, 1.54) is 11.8 Å². The van der Waals surface area contributed by atoms with Gasteiger partial charge in [-0.15, -0.1) is 10.2 Å². The van der Waals surface area contributed by atoms with Gasteiger partial charge in [0.05, 0.1) is 16.9 Å². The highest BCUT2D eigenvalue weighted by atomic mass is 32.2. The van der Waals surface area contributed by atoms with Crippen LogP contribution in [0.4, 0.5) is 5.69 Å². The summed E-state index contributed by atoms with van der Waals surface area (Å²) >= 11 is 1.19. The monoisotopic (exact) mass is 378 g/mol. The molecular formula is C20H18N4O2S. The molecule has 6 nitrogen and oxygen atoms in total. The van der Waals surface area contributed by atoms with Gasteiger partial charge in [0.25, 0.3) is 5.22 Å². The third kappa shape index (κ3) is 4.74. The van der Waals surface area contributed by atoms with Gasteiger partial charge in [-0.1, -0.05) is 35.0 Å². The van der Waals surface area contributed by atoms with E-state index in [-0.39, 0.29) is 5.91 Å². The van der Waals surface area contributed by atoms with Crippen molar-refractivity contribution in [2.75, 3.05) is 5.32 Å². The molecule has 0 radical (unpaired) electrons. The van der Waals surface area contributed by atoms with Crippen LogP contribution in [0.3, 0.4) is 0 Å². The third-order valence-corrected chi connectivity index (χ3v) is 4.72. The van der Waals surface area contributed by atoms with E-state index in [2.05, 4.69) is 21.6 Å². The average molecular weight is 378 g/mol. The van der Waals surface area contributed by atoms with E-state index in [0.717, 1.165) is 16.7 Å². The summed E-state index contributed by atoms with van der Waals surface area (Å²) in [7, 11) is 0. The Bertz CT molecular complexity index is 1000. The summed E-state index contributed by atoms with van der Waals surface area (Å²) in [6.07, 6.45) is 0. The van der Waals surface area contributed by atoms with Crippen molar-refractivity contribution in [3.63, 3.8) is 0 Å². The lowest BCUT2D eigenvalue weighted by atomic mass is 10.1. The molecule has 1 N–H and O–H groups in total. The Hall–Kier alpha value is -3.11. The van der Waals surface area contributed by atoms with E-state index < -0.39 is 5.25 Å². The molecule has 0 aliphatic heterocycles. The van der Waals surface area contributed by atoms with Crippen LogP contribution in [0, 0.1) is 25.2 Å². The summed E-state index contributed by atoms with van der Waals surface area (Å²) in [4.78, 5) is 12.4. The van der Waals surface area contributed by atoms with Crippen LogP contribution in [-0.4, -0.2) is 21.4 Å². The smallest absolute Gasteiger partial charge is 0.277 e. The number of benzene rings is 2. The molecule has 1 heterocycles. The van der Waals surface area contributed by atoms with Gasteiger partial charge in [0.2, 0.25) is 11.8 Å². The van der Waals surface area contributed by atoms with Gasteiger partial charge >= 0.3 is 0 Å². The van der Waals surface area contributed by atoms with E-state index in [9.17, 15) is 4.79 Å². The van der Waals surface area contributed by atoms with Crippen LogP contribution >= 0.6 is 11.8 Å². The summed E-state index contributed by atoms with van der Waals surface area (Å²) in [5.41, 5.74) is 4.16. The van der Waals surface area contributed by atoms with E-state index in [0.29, 0.717) is 22.4 Å². The maximum Gasteiger partial charge on any atom is 0.277 e. The van der Waals surface area contributed by atoms with Crippen LogP contribution in [-0.2, 0) is 4.79 Å². The van der Waals surface area contributed by atoms with Crippen molar-refractivity contribution in [3.8, 4) is 17.5 Å². The maximum atomic E-state index is 12.4. The number of hydrogen-bond donors (Lipinski definition) is 1. The molecule has 7 heteroatoms. The first kappa shape index (κ1) is 18.7. The number of aryl methyl sites for hydroxylation is 2. The molecule has 3 rings (SSSR count). The number of hydrogen-bond acceptors (Lipinski definition) is 6. The van der Waals surface area contributed by atoms with E-state index in [4.69, 9.17) is 9.68 Å². The van der Waals surface area contributed by atoms with Crippen LogP contribution in [0.15, 0.2) is 52.1 Å². The first-order valence-electron chi connectivity index (χ1n) is 8.34. The first-order valence-corrected chi connectivity index (χ1v) is 9.22. The number of carbonyl (C=O) groups is 1. The molecular weight excluding hydrogens is 360 g/mol. The normalized spacial score (nSPS) is 11.6. The van der Waals surface area contributed by atoms with Crippen molar-refractivity contribution in [2.45, 2.75) is 31.2 Å². The van der Waals surface area contributed by atoms with Gasteiger partial charge in [0, 0.05) is 11.3 Å². The van der Waals surface area contributed by atoms with Crippen molar-refractivity contribution in [1.82, 2.24) is 10.2 Å². The second kappa shape index (κ2) is 8.06. The molecule has 3 aromatic rings. The standard InChI is InChI=1S/C20H18N4O2S/c1-12-7-13(2)9-16(8-12)19-23-24-20(26-19)27-14(3)18(25)22-17-6-4-5-15(10-17)11-21/h4-10,14H,1-3H3,(H,22,25). The van der Waals surface area contributed by atoms with Crippen molar-refractivity contribution >= 4 is 23.4 Å². The highest BCUT2D eigenvalue weighted by Crippen LogP contribution is 2.27. The number of carbonyl (C=O) groups excluding carboxylic acids is 1. The number of nitriles is 1. The molecule has 136 valence electrons. The SMILES string of the molecule is Cc1cc(C)cc(-c2nnc(SC(C)C(=O)Nc3cccc(C#N)c3)o2)c1. The van der Waals surface area contributed by atoms with Crippen LogP contribution in [0.1, 0.15) is 23.6 Å². The fourth-order valence-corrected chi connectivity index (χ4v) is 3.27. The molecule has 1 atom stereocenters. The van der Waals surface area contributed by atoms with Gasteiger partial charge in [-0.05, 0) is 51.1 Å². The highest BCUT2D eigenvalue weighted by Gasteiger charge is 2.19. The Morgan fingerprint density at radius 2 is 1.93 bits per heavy atom. The van der Waals surface area contributed by atoms with Gasteiger partial charge < -0.3 is 9.73 Å². The average Bonchev–Trinajstić information content (AvgIpc) is 3.09. The zero-order chi connectivity index (χ0) is 19.4. The quantitative estimate of drug-likeness (QED) is 0.664. The lowest BCUT2D eigenvalue weighted by Crippen LogP contribution is -2.22. The van der Waals surface area contributed by atoms with Crippen LogP contribution < -0.4 is 5.32 Å². The fraction of sp³-hybridized carbons (Fsp3) is 0.200. The minimum atomic E-state index is -0.441. The van der Waals surface area contributed by atoms with Gasteiger partial charge in [-0.2, -0.15) is 5.26 Å². The second-order valence-electron chi connectivity index (χ2n) is 6.19. The highest BCUT2D eigenvalue weighted by molar-refractivity contribution is 8.00. The lowest BCUT2D eigenvalue weighted by Gasteiger charge is -2.10. The van der Waals surface area contributed by atoms with Crippen molar-refractivity contribution in [1.29, 1.82) is 5.26 Å². The Labute approximate surface area is 161 Å². The molecule has 1 unspecified atom stereocenters. The predicted octanol–water partition coefficient (Wildman–Crippen LogP) is 4.34. The number of aromatic nitrogens is 2. The number of anilines is 1. The van der Waals surface area contributed by atoms with Gasteiger partial charge in [-0.25, -0.2) is 0 Å². The van der Waals surface area contributed by atoms with Gasteiger partial charge in [0.15, 0.2) is 0 Å². The Morgan fingerprint density at radius 3 is 2.63 bits per heavy atom. The van der Waals surface area contributed by atoms with Crippen molar-refractivity contribution in [3.05, 3.63) is 59.2 Å². The Balaban J connectivity index is 1.67. The van der Waals surface area contributed by atoms with Crippen LogP contribution in [0.5, 0.6) is 0 Å². The second-order valence-corrected chi connectivity index (χ2v) is 7.48. The molecule has 1 amide bonds. The minimum Gasteiger partial charge on any atom is -0.411 e. The summed E-state index contributed by atoms with van der Waals surface area (Å²) in [5, 5.41) is 19.7. The zero-order valence-corrected chi connectivity index (χ0v) is 16.0. The van der Waals surface area contributed by atoms with Gasteiger partial charge in [-0.3, -0.25) is 4.79 Å². The molecule has 0 saturated carbocycles. The summed E-state index contributed by atoms with van der Waals surface area (Å²) in [6.45, 7) is 5.78. The van der Waals surface area contributed by atoms with Crippen LogP contribution in [0.25, 0.3) is 11.5 Å². The minimum absolute atomic E-state index is 0.207. The van der Waals surface area contributed by atoms with E-state index in [1.807, 2.05) is 32.0 Å². The number of rotatable bonds is 5. The fourth-order valence-electron chi connectivity index (χ4n) is 2.59. The van der Waals surface area contributed by atoms with Gasteiger partial charge in [0.1, 0.15) is 0 Å². The lowest BCUT2D eigenvalue weighted by molar-refractivity contribution is -0.115. The largest absolute Gasteiger partial charge is 0.411 e. The molecule has 27 heavy (non-hydrogen) atoms. The summed E-state index contributed by atoms with van der Waals surface area (Å²) in [5.74, 6) is 0.222. The first-order chi connectivity index (χ1) is 12.9. The summed E-state index contributed by atoms with van der Waals surface area (Å²) < 4.78 is 5.70. The molecule has 0 fully saturated rings. The van der Waals surface area contributed by atoms with Crippen LogP contribution in [0.2, 0.25) is 0 Å². The Morgan fingerprint density at radius 1 is 1.19 bits per heavy atom. The molecule has 0 aliphatic rings. The number of nitrogens with zero attached hydrogens (tertiary/aromatic N) is 3. The number of nitrogens with one attached hydrogen (secondary N) is 1. The number of thioether (sulfide) groups is 1. The summed E-state index contributed by atoms with van der Waals surface area (Å²) in [6, 6.07) is 14.8. The molecule has 2 aromatic carbocycles. The topological polar surface area (TPSA) is 91.8 Å². The van der Waals surface area contributed by atoms with E-state index in [1.54, 1.807) is 31.2 Å². The van der Waals surface area contributed by atoms with E-state index >= 15 is 0 Å². The molecule has 0 spiro atoms. The molecule has 0 bridgehead atoms. The predicted molar refractivity (Wildman–Crippen MR) is 104 cm³/mol.